The third kappa shape index (κ3) is 17.6. The number of aryl methyl sites for hydroxylation is 1. The molecule has 0 radical (unpaired) electrons. The first-order chi connectivity index (χ1) is 17.4. The maximum absolute atomic E-state index is 6.00. The first-order valence-corrected chi connectivity index (χ1v) is 16.4. The zero-order valence-corrected chi connectivity index (χ0v) is 24.1. The smallest absolute Gasteiger partial charge is 0.224 e. The zero-order valence-electron chi connectivity index (χ0n) is 23.2. The highest BCUT2D eigenvalue weighted by atomic mass is 32.1. The summed E-state index contributed by atoms with van der Waals surface area (Å²) in [6.07, 6.45) is 31.7. The van der Waals surface area contributed by atoms with Crippen LogP contribution in [0.2, 0.25) is 0 Å². The van der Waals surface area contributed by atoms with Crippen LogP contribution in [0.15, 0.2) is 17.1 Å². The van der Waals surface area contributed by atoms with Gasteiger partial charge in [-0.1, -0.05) is 121 Å². The SMILES string of the molecule is CCCCCCCCCCCCCCCC[C@H]1CO[C@H](COCCCCCCC[n+]2ccsc2)C1. The third-order valence-corrected chi connectivity index (χ3v) is 8.34. The lowest BCUT2D eigenvalue weighted by molar-refractivity contribution is -0.692. The van der Waals surface area contributed by atoms with E-state index < -0.39 is 0 Å². The number of unbranched alkanes of at least 4 members (excludes halogenated alkanes) is 17. The molecular formula is C31H58NO2S+. The number of rotatable bonds is 25. The van der Waals surface area contributed by atoms with Crippen molar-refractivity contribution in [2.24, 2.45) is 5.92 Å². The van der Waals surface area contributed by atoms with Crippen LogP contribution in [0, 0.1) is 5.92 Å². The Balaban J connectivity index is 1.26. The van der Waals surface area contributed by atoms with Crippen molar-refractivity contribution in [3.8, 4) is 0 Å². The topological polar surface area (TPSA) is 22.3 Å². The summed E-state index contributed by atoms with van der Waals surface area (Å²) in [5, 5.41) is 2.15. The molecule has 2 rings (SSSR count). The molecule has 0 aromatic carbocycles. The van der Waals surface area contributed by atoms with Crippen molar-refractivity contribution in [3.63, 3.8) is 0 Å². The van der Waals surface area contributed by atoms with Crippen molar-refractivity contribution < 1.29 is 14.0 Å². The molecule has 1 aliphatic rings. The van der Waals surface area contributed by atoms with Crippen molar-refractivity contribution in [3.05, 3.63) is 17.1 Å². The standard InChI is InChI=1S/C31H58NO2S/c1-2-3-4-5-6-7-8-9-10-11-12-13-15-18-21-30-26-31(34-27-30)28-33-24-20-17-14-16-19-22-32-23-25-35-29-32/h23,25,29-31H,2-22,24,26-28H2,1H3/q+1/t30-,31+/m1/s1. The van der Waals surface area contributed by atoms with Gasteiger partial charge in [0.1, 0.15) is 6.54 Å². The third-order valence-electron chi connectivity index (χ3n) is 7.67. The van der Waals surface area contributed by atoms with Crippen molar-refractivity contribution in [2.75, 3.05) is 19.8 Å². The van der Waals surface area contributed by atoms with Crippen LogP contribution in [-0.4, -0.2) is 25.9 Å². The van der Waals surface area contributed by atoms with E-state index in [4.69, 9.17) is 9.47 Å². The molecule has 0 spiro atoms. The summed E-state index contributed by atoms with van der Waals surface area (Å²) in [6.45, 7) is 6.15. The van der Waals surface area contributed by atoms with E-state index in [9.17, 15) is 0 Å². The van der Waals surface area contributed by atoms with Crippen LogP contribution >= 0.6 is 11.3 Å². The van der Waals surface area contributed by atoms with Crippen molar-refractivity contribution in [1.82, 2.24) is 0 Å². The predicted molar refractivity (Wildman–Crippen MR) is 151 cm³/mol. The fourth-order valence-corrected chi connectivity index (χ4v) is 5.99. The number of hydrogen-bond acceptors (Lipinski definition) is 3. The molecule has 4 heteroatoms. The summed E-state index contributed by atoms with van der Waals surface area (Å²) in [5.74, 6) is 0.780. The van der Waals surface area contributed by atoms with E-state index in [1.807, 2.05) is 0 Å². The molecule has 1 fully saturated rings. The molecule has 1 saturated heterocycles. The predicted octanol–water partition coefficient (Wildman–Crippen LogP) is 9.28. The van der Waals surface area contributed by atoms with Gasteiger partial charge in [-0.05, 0) is 31.6 Å². The highest BCUT2D eigenvalue weighted by Crippen LogP contribution is 2.25. The van der Waals surface area contributed by atoms with Gasteiger partial charge in [0.05, 0.1) is 18.1 Å². The Kier molecular flexibility index (Phi) is 20.0. The fourth-order valence-electron chi connectivity index (χ4n) is 5.36. The summed E-state index contributed by atoms with van der Waals surface area (Å²) in [6, 6.07) is 0. The second kappa shape index (κ2) is 22.7. The second-order valence-electron chi connectivity index (χ2n) is 11.0. The molecule has 0 N–H and O–H groups in total. The minimum absolute atomic E-state index is 0.356. The second-order valence-corrected chi connectivity index (χ2v) is 11.8. The van der Waals surface area contributed by atoms with Crippen LogP contribution < -0.4 is 4.57 Å². The Morgan fingerprint density at radius 3 is 2.00 bits per heavy atom. The Hall–Kier alpha value is -0.450. The van der Waals surface area contributed by atoms with E-state index in [1.165, 1.54) is 141 Å². The molecule has 1 aromatic rings. The first-order valence-electron chi connectivity index (χ1n) is 15.5. The van der Waals surface area contributed by atoms with E-state index in [1.54, 1.807) is 11.3 Å². The van der Waals surface area contributed by atoms with Gasteiger partial charge in [-0.2, -0.15) is 4.57 Å². The molecule has 2 atom stereocenters. The quantitative estimate of drug-likeness (QED) is 0.0969. The minimum Gasteiger partial charge on any atom is -0.379 e. The van der Waals surface area contributed by atoms with Gasteiger partial charge in [0.2, 0.25) is 5.51 Å². The molecule has 3 nitrogen and oxygen atoms in total. The molecule has 0 bridgehead atoms. The highest BCUT2D eigenvalue weighted by Gasteiger charge is 2.24. The molecule has 1 aromatic heterocycles. The van der Waals surface area contributed by atoms with Crippen LogP contribution in [0.3, 0.4) is 0 Å². The molecule has 1 aliphatic heterocycles. The molecule has 0 amide bonds. The number of thiazole rings is 1. The largest absolute Gasteiger partial charge is 0.379 e. The normalized spacial score (nSPS) is 18.0. The first kappa shape index (κ1) is 30.8. The molecular weight excluding hydrogens is 450 g/mol. The van der Waals surface area contributed by atoms with E-state index in [0.717, 1.165) is 25.7 Å². The monoisotopic (exact) mass is 508 g/mol. The van der Waals surface area contributed by atoms with Crippen LogP contribution in [0.1, 0.15) is 142 Å². The average Bonchev–Trinajstić information content (AvgIpc) is 3.55. The van der Waals surface area contributed by atoms with E-state index in [0.29, 0.717) is 6.10 Å². The van der Waals surface area contributed by atoms with Gasteiger partial charge in [0, 0.05) is 19.6 Å². The van der Waals surface area contributed by atoms with Gasteiger partial charge in [-0.3, -0.25) is 0 Å². The van der Waals surface area contributed by atoms with E-state index >= 15 is 0 Å². The Labute approximate surface area is 222 Å². The molecule has 204 valence electrons. The number of ether oxygens (including phenoxy) is 2. The van der Waals surface area contributed by atoms with Crippen LogP contribution in [0.5, 0.6) is 0 Å². The van der Waals surface area contributed by atoms with Gasteiger partial charge < -0.3 is 9.47 Å². The average molecular weight is 509 g/mol. The summed E-state index contributed by atoms with van der Waals surface area (Å²) < 4.78 is 14.2. The van der Waals surface area contributed by atoms with Crippen LogP contribution in [-0.2, 0) is 16.0 Å². The van der Waals surface area contributed by atoms with Gasteiger partial charge in [-0.15, -0.1) is 0 Å². The lowest BCUT2D eigenvalue weighted by Gasteiger charge is -2.10. The van der Waals surface area contributed by atoms with Crippen molar-refractivity contribution in [1.29, 1.82) is 0 Å². The maximum atomic E-state index is 6.00. The van der Waals surface area contributed by atoms with Crippen LogP contribution in [0.4, 0.5) is 0 Å². The zero-order chi connectivity index (χ0) is 24.7. The Morgan fingerprint density at radius 2 is 1.37 bits per heavy atom. The van der Waals surface area contributed by atoms with Gasteiger partial charge in [0.15, 0.2) is 6.20 Å². The van der Waals surface area contributed by atoms with Crippen LogP contribution in [0.25, 0.3) is 0 Å². The van der Waals surface area contributed by atoms with Crippen molar-refractivity contribution >= 4 is 11.3 Å². The summed E-state index contributed by atoms with van der Waals surface area (Å²) in [7, 11) is 0. The molecule has 0 aliphatic carbocycles. The van der Waals surface area contributed by atoms with Gasteiger partial charge in [0.25, 0.3) is 0 Å². The Morgan fingerprint density at radius 1 is 0.771 bits per heavy atom. The summed E-state index contributed by atoms with van der Waals surface area (Å²) in [5.41, 5.74) is 2.20. The molecule has 35 heavy (non-hydrogen) atoms. The number of hydrogen-bond donors (Lipinski definition) is 0. The fraction of sp³-hybridized carbons (Fsp3) is 0.903. The number of nitrogens with zero attached hydrogens (tertiary/aromatic N) is 1. The van der Waals surface area contributed by atoms with Crippen molar-refractivity contribution in [2.45, 2.75) is 154 Å². The molecule has 0 unspecified atom stereocenters. The minimum atomic E-state index is 0.356. The Bertz CT molecular complexity index is 550. The molecule has 0 saturated carbocycles. The highest BCUT2D eigenvalue weighted by molar-refractivity contribution is 7.07. The van der Waals surface area contributed by atoms with Gasteiger partial charge in [-0.25, -0.2) is 0 Å². The van der Waals surface area contributed by atoms with E-state index in [-0.39, 0.29) is 0 Å². The molecule has 2 heterocycles. The lowest BCUT2D eigenvalue weighted by Crippen LogP contribution is -2.29. The summed E-state index contributed by atoms with van der Waals surface area (Å²) >= 11 is 1.77. The number of aromatic nitrogens is 1. The van der Waals surface area contributed by atoms with Gasteiger partial charge >= 0.3 is 0 Å². The van der Waals surface area contributed by atoms with E-state index in [2.05, 4.69) is 28.6 Å². The lowest BCUT2D eigenvalue weighted by atomic mass is 9.97. The summed E-state index contributed by atoms with van der Waals surface area (Å²) in [4.78, 5) is 0. The maximum Gasteiger partial charge on any atom is 0.224 e.